The number of anilines is 1. The normalized spacial score (nSPS) is 28.2. The summed E-state index contributed by atoms with van der Waals surface area (Å²) < 4.78 is 5.25. The second-order valence-electron chi connectivity index (χ2n) is 10.7. The summed E-state index contributed by atoms with van der Waals surface area (Å²) in [6.45, 7) is -0.379. The monoisotopic (exact) mass is 503 g/mol. The zero-order chi connectivity index (χ0) is 26.0. The van der Waals surface area contributed by atoms with E-state index in [0.717, 1.165) is 17.5 Å². The summed E-state index contributed by atoms with van der Waals surface area (Å²) in [5, 5.41) is 0. The van der Waals surface area contributed by atoms with Crippen molar-refractivity contribution in [2.24, 2.45) is 35.5 Å². The number of amides is 2. The Morgan fingerprint density at radius 1 is 0.711 bits per heavy atom. The first kappa shape index (κ1) is 22.8. The number of carbonyl (C=O) groups is 4. The van der Waals surface area contributed by atoms with E-state index >= 15 is 0 Å². The molecule has 0 N–H and O–H groups in total. The highest BCUT2D eigenvalue weighted by Gasteiger charge is 2.67. The van der Waals surface area contributed by atoms with Crippen LogP contribution in [0.3, 0.4) is 0 Å². The van der Waals surface area contributed by atoms with E-state index in [1.807, 2.05) is 42.5 Å². The van der Waals surface area contributed by atoms with Gasteiger partial charge in [0, 0.05) is 5.56 Å². The average Bonchev–Trinajstić information content (AvgIpc) is 3.75. The van der Waals surface area contributed by atoms with Crippen molar-refractivity contribution >= 4 is 29.3 Å². The average molecular weight is 504 g/mol. The number of nitrogens with zero attached hydrogens (tertiary/aromatic N) is 1. The Bertz CT molecular complexity index is 1460. The van der Waals surface area contributed by atoms with Gasteiger partial charge in [0.1, 0.15) is 0 Å². The molecule has 3 aromatic rings. The molecular weight excluding hydrogens is 478 g/mol. The summed E-state index contributed by atoms with van der Waals surface area (Å²) in [5.74, 6) is -0.317. The number of imide groups is 1. The number of carbonyl (C=O) groups excluding carboxylic acids is 4. The lowest BCUT2D eigenvalue weighted by Gasteiger charge is -2.37. The van der Waals surface area contributed by atoms with Crippen molar-refractivity contribution in [1.29, 1.82) is 0 Å². The molecule has 2 bridgehead atoms. The number of ketones is 1. The third-order valence-electron chi connectivity index (χ3n) is 8.67. The summed E-state index contributed by atoms with van der Waals surface area (Å²) >= 11 is 0. The SMILES string of the molecule is O=C(COC(=O)c1ccc(N2C(=O)[C@@H]3[C@@H]4C=C[C@H]([C@H]5C[C@H]45)[C@@H]3C2=O)cc1)c1ccc(-c2ccccc2)cc1. The molecule has 2 amide bonds. The Morgan fingerprint density at radius 2 is 1.26 bits per heavy atom. The zero-order valence-electron chi connectivity index (χ0n) is 20.5. The van der Waals surface area contributed by atoms with Gasteiger partial charge in [0.25, 0.3) is 0 Å². The van der Waals surface area contributed by atoms with Gasteiger partial charge in [-0.05, 0) is 65.5 Å². The number of ether oxygens (including phenoxy) is 1. The molecule has 1 heterocycles. The molecule has 1 saturated heterocycles. The van der Waals surface area contributed by atoms with Crippen LogP contribution in [-0.4, -0.2) is 30.2 Å². The summed E-state index contributed by atoms with van der Waals surface area (Å²) in [7, 11) is 0. The van der Waals surface area contributed by atoms with Gasteiger partial charge >= 0.3 is 5.97 Å². The van der Waals surface area contributed by atoms with Gasteiger partial charge in [-0.3, -0.25) is 19.3 Å². The predicted molar refractivity (Wildman–Crippen MR) is 140 cm³/mol. The lowest BCUT2D eigenvalue weighted by molar-refractivity contribution is -0.124. The van der Waals surface area contributed by atoms with E-state index in [2.05, 4.69) is 12.2 Å². The number of esters is 1. The summed E-state index contributed by atoms with van der Waals surface area (Å²) in [4.78, 5) is 53.0. The molecule has 6 nitrogen and oxygen atoms in total. The quantitative estimate of drug-likeness (QED) is 0.206. The third kappa shape index (κ3) is 3.55. The Balaban J connectivity index is 0.994. The predicted octanol–water partition coefficient (Wildman–Crippen LogP) is 4.95. The molecule has 8 rings (SSSR count). The van der Waals surface area contributed by atoms with Crippen LogP contribution >= 0.6 is 0 Å². The van der Waals surface area contributed by atoms with Crippen LogP contribution in [-0.2, 0) is 14.3 Å². The van der Waals surface area contributed by atoms with E-state index in [1.165, 1.54) is 17.0 Å². The number of allylic oxidation sites excluding steroid dienone is 2. The topological polar surface area (TPSA) is 80.8 Å². The highest BCUT2D eigenvalue weighted by atomic mass is 16.5. The molecule has 6 heteroatoms. The van der Waals surface area contributed by atoms with E-state index in [4.69, 9.17) is 4.74 Å². The second kappa shape index (κ2) is 8.62. The van der Waals surface area contributed by atoms with Crippen molar-refractivity contribution < 1.29 is 23.9 Å². The lowest BCUT2D eigenvalue weighted by atomic mass is 9.63. The van der Waals surface area contributed by atoms with Crippen LogP contribution in [0.4, 0.5) is 5.69 Å². The first-order valence-corrected chi connectivity index (χ1v) is 13.0. The number of rotatable bonds is 6. The number of Topliss-reactive ketones (excluding diaryl/α,β-unsaturated/α-hetero) is 1. The van der Waals surface area contributed by atoms with Crippen LogP contribution in [0, 0.1) is 35.5 Å². The minimum Gasteiger partial charge on any atom is -0.454 e. The maximum atomic E-state index is 13.3. The molecule has 0 radical (unpaired) electrons. The van der Waals surface area contributed by atoms with Crippen molar-refractivity contribution in [1.82, 2.24) is 0 Å². The first-order chi connectivity index (χ1) is 18.5. The maximum Gasteiger partial charge on any atom is 0.338 e. The molecule has 4 aliphatic carbocycles. The Kier molecular flexibility index (Phi) is 5.18. The molecule has 0 unspecified atom stereocenters. The Hall–Kier alpha value is -4.32. The molecule has 1 aliphatic heterocycles. The van der Waals surface area contributed by atoms with Crippen molar-refractivity contribution in [2.45, 2.75) is 6.42 Å². The molecule has 3 aromatic carbocycles. The van der Waals surface area contributed by atoms with Gasteiger partial charge in [0.15, 0.2) is 12.4 Å². The van der Waals surface area contributed by atoms with Crippen LogP contribution in [0.1, 0.15) is 27.1 Å². The van der Waals surface area contributed by atoms with Gasteiger partial charge in [-0.15, -0.1) is 0 Å². The van der Waals surface area contributed by atoms with Gasteiger partial charge in [0.05, 0.1) is 23.1 Å². The van der Waals surface area contributed by atoms with Crippen LogP contribution in [0.2, 0.25) is 0 Å². The standard InChI is InChI=1S/C32H25NO5/c34-27(20-8-6-19(7-9-20)18-4-2-1-3-5-18)17-38-32(37)21-10-12-22(13-11-21)33-30(35)28-23-14-15-24(26-16-25(23)26)29(28)31(33)36/h1-15,23-26,28-29H,16-17H2/t23-,24-,25-,26-,28-,29+/m1/s1. The molecule has 2 saturated carbocycles. The second-order valence-corrected chi connectivity index (χ2v) is 10.7. The van der Waals surface area contributed by atoms with Gasteiger partial charge < -0.3 is 4.74 Å². The minimum atomic E-state index is -0.638. The van der Waals surface area contributed by atoms with E-state index < -0.39 is 5.97 Å². The highest BCUT2D eigenvalue weighted by molar-refractivity contribution is 6.22. The maximum absolute atomic E-state index is 13.3. The molecule has 38 heavy (non-hydrogen) atoms. The fourth-order valence-corrected chi connectivity index (χ4v) is 6.73. The van der Waals surface area contributed by atoms with Gasteiger partial charge in [0.2, 0.25) is 11.8 Å². The zero-order valence-corrected chi connectivity index (χ0v) is 20.5. The van der Waals surface area contributed by atoms with Crippen LogP contribution in [0.5, 0.6) is 0 Å². The van der Waals surface area contributed by atoms with E-state index in [-0.39, 0.29) is 53.4 Å². The summed E-state index contributed by atoms with van der Waals surface area (Å²) in [5.41, 5.74) is 3.22. The largest absolute Gasteiger partial charge is 0.454 e. The van der Waals surface area contributed by atoms with Crippen LogP contribution in [0.15, 0.2) is 91.0 Å². The minimum absolute atomic E-state index is 0.135. The lowest BCUT2D eigenvalue weighted by Crippen LogP contribution is -2.40. The molecule has 3 fully saturated rings. The van der Waals surface area contributed by atoms with Crippen LogP contribution in [0.25, 0.3) is 11.1 Å². The molecule has 0 spiro atoms. The fraction of sp³-hybridized carbons (Fsp3) is 0.250. The Morgan fingerprint density at radius 3 is 1.87 bits per heavy atom. The molecular formula is C32H25NO5. The van der Waals surface area contributed by atoms with E-state index in [0.29, 0.717) is 23.1 Å². The highest BCUT2D eigenvalue weighted by Crippen LogP contribution is 2.65. The first-order valence-electron chi connectivity index (χ1n) is 13.0. The van der Waals surface area contributed by atoms with Gasteiger partial charge in [-0.25, -0.2) is 4.79 Å². The summed E-state index contributed by atoms with van der Waals surface area (Å²) in [6, 6.07) is 23.3. The number of hydrogen-bond acceptors (Lipinski definition) is 5. The van der Waals surface area contributed by atoms with E-state index in [9.17, 15) is 19.2 Å². The number of benzene rings is 3. The molecule has 5 aliphatic rings. The summed E-state index contributed by atoms with van der Waals surface area (Å²) in [6.07, 6.45) is 5.41. The fourth-order valence-electron chi connectivity index (χ4n) is 6.73. The van der Waals surface area contributed by atoms with E-state index in [1.54, 1.807) is 24.3 Å². The molecule has 6 atom stereocenters. The Labute approximate surface area is 219 Å². The molecule has 188 valence electrons. The third-order valence-corrected chi connectivity index (χ3v) is 8.67. The van der Waals surface area contributed by atoms with Crippen molar-refractivity contribution in [2.75, 3.05) is 11.5 Å². The van der Waals surface area contributed by atoms with Gasteiger partial charge in [-0.2, -0.15) is 0 Å². The van der Waals surface area contributed by atoms with Crippen LogP contribution < -0.4 is 4.90 Å². The van der Waals surface area contributed by atoms with Crippen molar-refractivity contribution in [3.63, 3.8) is 0 Å². The van der Waals surface area contributed by atoms with Crippen molar-refractivity contribution in [3.8, 4) is 11.1 Å². The number of hydrogen-bond donors (Lipinski definition) is 0. The van der Waals surface area contributed by atoms with Crippen molar-refractivity contribution in [3.05, 3.63) is 102 Å². The smallest absolute Gasteiger partial charge is 0.338 e. The molecule has 0 aromatic heterocycles. The van der Waals surface area contributed by atoms with Gasteiger partial charge in [-0.1, -0.05) is 66.7 Å².